The number of nitrogens with zero attached hydrogens (tertiary/aromatic N) is 3. The van der Waals surface area contributed by atoms with Crippen molar-refractivity contribution in [1.29, 1.82) is 0 Å². The minimum atomic E-state index is -4.69. The van der Waals surface area contributed by atoms with E-state index in [2.05, 4.69) is 9.98 Å². The Balaban J connectivity index is 0.000000920. The normalized spacial score (nSPS) is 16.8. The number of nitrogens with two attached hydrogens (primary N) is 2. The molecule has 0 aliphatic heterocycles. The minimum absolute atomic E-state index is 0.363. The van der Waals surface area contributed by atoms with Crippen LogP contribution in [0.4, 0.5) is 17.1 Å². The van der Waals surface area contributed by atoms with E-state index in [9.17, 15) is 8.42 Å². The van der Waals surface area contributed by atoms with Gasteiger partial charge in [0.25, 0.3) is 0 Å². The number of likely N-dealkylation sites (N-methyl/N-ethyl adjacent to an activating group) is 1. The Labute approximate surface area is 189 Å². The van der Waals surface area contributed by atoms with Crippen LogP contribution >= 0.6 is 0 Å². The lowest BCUT2D eigenvalue weighted by molar-refractivity contribution is -1.92. The van der Waals surface area contributed by atoms with E-state index >= 15 is 0 Å². The van der Waals surface area contributed by atoms with Gasteiger partial charge in [-0.15, -0.1) is 0 Å². The third kappa shape index (κ3) is 9.87. The van der Waals surface area contributed by atoms with Gasteiger partial charge in [0, 0.05) is 18.8 Å². The summed E-state index contributed by atoms with van der Waals surface area (Å²) in [5.74, 6) is 0. The molecule has 0 heterocycles. The van der Waals surface area contributed by atoms with Crippen LogP contribution in [0.1, 0.15) is 19.4 Å². The summed E-state index contributed by atoms with van der Waals surface area (Å²) >= 11 is 0. The molecule has 0 radical (unpaired) electrons. The smallest absolute Gasteiger partial charge is 0.211 e. The van der Waals surface area contributed by atoms with Gasteiger partial charge in [-0.3, -0.25) is 4.99 Å². The Morgan fingerprint density at radius 3 is 2.22 bits per heavy atom. The number of aliphatic imine (C=N–C) groups is 2. The van der Waals surface area contributed by atoms with Gasteiger partial charge in [-0.1, -0.05) is 6.92 Å². The molecule has 0 unspecified atom stereocenters. The number of nitrogen functional groups attached to an aromatic ring is 2. The molecule has 1 aliphatic carbocycles. The SMILES string of the molecule is CCN(CCN=C1C=CC(=Nc2cc(C)c(N)cc2N)C(C)=C1)S(C)(=O)=O.[O-][Cl+3]([O-])([O-])O. The van der Waals surface area contributed by atoms with Crippen LogP contribution in [0.15, 0.2) is 45.9 Å². The van der Waals surface area contributed by atoms with Gasteiger partial charge >= 0.3 is 0 Å². The number of aryl methyl sites for hydroxylation is 1. The fourth-order valence-electron chi connectivity index (χ4n) is 2.67. The van der Waals surface area contributed by atoms with Crippen LogP contribution < -0.4 is 25.4 Å². The van der Waals surface area contributed by atoms with E-state index in [1.165, 1.54) is 10.6 Å². The van der Waals surface area contributed by atoms with Gasteiger partial charge in [-0.05, 0) is 55.3 Å². The highest BCUT2D eigenvalue weighted by Gasteiger charge is 2.13. The van der Waals surface area contributed by atoms with Crippen LogP contribution in [0.2, 0.25) is 0 Å². The minimum Gasteiger partial charge on any atom is -0.398 e. The van der Waals surface area contributed by atoms with Crippen molar-refractivity contribution in [2.45, 2.75) is 20.8 Å². The van der Waals surface area contributed by atoms with Crippen LogP contribution in [-0.4, -0.2) is 54.7 Å². The molecule has 2 rings (SSSR count). The molecular weight excluding hydrogens is 462 g/mol. The molecule has 0 amide bonds. The maximum Gasteiger partial charge on any atom is 0.211 e. The number of rotatable bonds is 6. The highest BCUT2D eigenvalue weighted by atomic mass is 35.7. The average molecular weight is 490 g/mol. The van der Waals surface area contributed by atoms with Crippen molar-refractivity contribution in [1.82, 2.24) is 4.31 Å². The molecule has 0 atom stereocenters. The number of hydrogen-bond donors (Lipinski definition) is 3. The number of anilines is 2. The maximum absolute atomic E-state index is 11.6. The number of benzene rings is 1. The van der Waals surface area contributed by atoms with Crippen molar-refractivity contribution in [2.24, 2.45) is 9.98 Å². The lowest BCUT2D eigenvalue weighted by Gasteiger charge is -2.16. The van der Waals surface area contributed by atoms with Crippen molar-refractivity contribution >= 4 is 38.5 Å². The van der Waals surface area contributed by atoms with Gasteiger partial charge < -0.3 is 11.5 Å². The topological polar surface area (TPSA) is 204 Å². The molecule has 1 aromatic rings. The van der Waals surface area contributed by atoms with Gasteiger partial charge in [0.15, 0.2) is 0 Å². The summed E-state index contributed by atoms with van der Waals surface area (Å²) in [6, 6.07) is 3.58. The van der Waals surface area contributed by atoms with E-state index in [1.54, 1.807) is 6.07 Å². The molecule has 5 N–H and O–H groups in total. The molecule has 0 saturated heterocycles. The third-order valence-corrected chi connectivity index (χ3v) is 5.68. The summed E-state index contributed by atoms with van der Waals surface area (Å²) in [7, 11) is -7.89. The van der Waals surface area contributed by atoms with E-state index in [1.807, 2.05) is 45.1 Å². The van der Waals surface area contributed by atoms with Crippen LogP contribution in [0.25, 0.3) is 0 Å². The molecule has 1 aliphatic rings. The molecule has 178 valence electrons. The first-order valence-electron chi connectivity index (χ1n) is 9.35. The van der Waals surface area contributed by atoms with E-state index < -0.39 is 20.3 Å². The van der Waals surface area contributed by atoms with Gasteiger partial charge in [0.2, 0.25) is 10.0 Å². The monoisotopic (exact) mass is 489 g/mol. The number of halogens is 1. The molecule has 13 heteroatoms. The first-order chi connectivity index (χ1) is 14.6. The zero-order valence-electron chi connectivity index (χ0n) is 18.3. The van der Waals surface area contributed by atoms with Crippen molar-refractivity contribution in [3.63, 3.8) is 0 Å². The van der Waals surface area contributed by atoms with Crippen LogP contribution in [0, 0.1) is 17.2 Å². The molecule has 1 aromatic carbocycles. The van der Waals surface area contributed by atoms with Crippen LogP contribution in [0.5, 0.6) is 0 Å². The van der Waals surface area contributed by atoms with Gasteiger partial charge in [0.1, 0.15) is 0 Å². The first-order valence-corrected chi connectivity index (χ1v) is 12.5. The maximum atomic E-state index is 11.6. The lowest BCUT2D eigenvalue weighted by atomic mass is 10.0. The summed E-state index contributed by atoms with van der Waals surface area (Å²) < 4.78 is 57.3. The Hall–Kier alpha value is -2.32. The second-order valence-corrected chi connectivity index (χ2v) is 9.66. The summed E-state index contributed by atoms with van der Waals surface area (Å²) in [5, 5.41) is 0. The largest absolute Gasteiger partial charge is 0.398 e. The van der Waals surface area contributed by atoms with Gasteiger partial charge in [-0.2, -0.15) is 14.0 Å². The Morgan fingerprint density at radius 2 is 1.72 bits per heavy atom. The standard InChI is InChI=1S/C19H27N5O2S.ClHO4/c1-5-24(27(4,25)26)9-8-22-15-6-7-18(14(3)10-15)23-19-11-13(2)16(20)12-17(19)21;2-1(3,4)5/h6-7,10-12H,5,8-9,20-21H2,1-4H3;(H,2,3,4,5). The summed E-state index contributed by atoms with van der Waals surface area (Å²) in [4.78, 5) is 9.10. The molecule has 32 heavy (non-hydrogen) atoms. The summed E-state index contributed by atoms with van der Waals surface area (Å²) in [6.07, 6.45) is 6.88. The van der Waals surface area contributed by atoms with E-state index in [-0.39, 0.29) is 0 Å². The molecule has 0 spiro atoms. The summed E-state index contributed by atoms with van der Waals surface area (Å²) in [6.45, 7) is 6.88. The Kier molecular flexibility index (Phi) is 9.97. The first kappa shape index (κ1) is 27.7. The summed E-state index contributed by atoms with van der Waals surface area (Å²) in [5.41, 5.74) is 17.2. The fraction of sp³-hybridized carbons (Fsp3) is 0.368. The van der Waals surface area contributed by atoms with Gasteiger partial charge in [0.05, 0.1) is 50.5 Å². The highest BCUT2D eigenvalue weighted by molar-refractivity contribution is 7.88. The van der Waals surface area contributed by atoms with E-state index in [4.69, 9.17) is 30.1 Å². The zero-order chi connectivity index (χ0) is 24.7. The van der Waals surface area contributed by atoms with Crippen LogP contribution in [0.3, 0.4) is 0 Å². The number of allylic oxidation sites excluding steroid dienone is 4. The van der Waals surface area contributed by atoms with Crippen molar-refractivity contribution < 1.29 is 37.3 Å². The molecule has 0 aromatic heterocycles. The Morgan fingerprint density at radius 1 is 1.12 bits per heavy atom. The molecule has 0 fully saturated rings. The number of sulfonamides is 1. The third-order valence-electron chi connectivity index (χ3n) is 4.30. The number of hydrogen-bond acceptors (Lipinski definition) is 10. The molecule has 11 nitrogen and oxygen atoms in total. The van der Waals surface area contributed by atoms with E-state index in [0.29, 0.717) is 36.7 Å². The molecule has 0 saturated carbocycles. The molecule has 0 bridgehead atoms. The molecular formula is C19H28ClN5O6S. The average Bonchev–Trinajstić information content (AvgIpc) is 2.62. The van der Waals surface area contributed by atoms with Crippen molar-refractivity contribution in [3.05, 3.63) is 41.5 Å². The zero-order valence-corrected chi connectivity index (χ0v) is 19.9. The second-order valence-electron chi connectivity index (χ2n) is 6.88. The highest BCUT2D eigenvalue weighted by Crippen LogP contribution is 2.28. The quantitative estimate of drug-likeness (QED) is 0.311. The van der Waals surface area contributed by atoms with Crippen LogP contribution in [-0.2, 0) is 10.0 Å². The fourth-order valence-corrected chi connectivity index (χ4v) is 3.55. The second kappa shape index (κ2) is 11.5. The Bertz CT molecular complexity index is 1040. The predicted octanol–water partition coefficient (Wildman–Crippen LogP) is -1.65. The van der Waals surface area contributed by atoms with Crippen molar-refractivity contribution in [3.8, 4) is 0 Å². The predicted molar refractivity (Wildman–Crippen MR) is 117 cm³/mol. The lowest BCUT2D eigenvalue weighted by Crippen LogP contribution is -2.58. The van der Waals surface area contributed by atoms with Crippen molar-refractivity contribution in [2.75, 3.05) is 37.4 Å². The van der Waals surface area contributed by atoms with Gasteiger partial charge in [-0.25, -0.2) is 17.7 Å². The van der Waals surface area contributed by atoms with E-state index in [0.717, 1.165) is 22.6 Å².